The second-order valence-electron chi connectivity index (χ2n) is 11.1. The third-order valence-corrected chi connectivity index (χ3v) is 7.24. The maximum absolute atomic E-state index is 13.9. The molecule has 0 radical (unpaired) electrons. The Balaban J connectivity index is 2.46. The van der Waals surface area contributed by atoms with E-state index >= 15 is 0 Å². The zero-order valence-corrected chi connectivity index (χ0v) is 24.8. The first-order chi connectivity index (χ1) is 18.8. The van der Waals surface area contributed by atoms with E-state index in [-0.39, 0.29) is 41.3 Å². The van der Waals surface area contributed by atoms with Crippen molar-refractivity contribution in [1.82, 2.24) is 10.2 Å². The third kappa shape index (κ3) is 9.42. The van der Waals surface area contributed by atoms with Gasteiger partial charge in [-0.25, -0.2) is 4.39 Å². The van der Waals surface area contributed by atoms with Crippen LogP contribution in [0.2, 0.25) is 5.02 Å². The number of hydrogen-bond acceptors (Lipinski definition) is 5. The molecule has 0 saturated heterocycles. The number of aliphatic hydroxyl groups excluding tert-OH is 1. The fraction of sp³-hybridized carbons (Fsp3) is 0.567. The second-order valence-corrected chi connectivity index (χ2v) is 11.6. The van der Waals surface area contributed by atoms with E-state index in [1.807, 2.05) is 27.7 Å². The first-order valence-corrected chi connectivity index (χ1v) is 14.4. The van der Waals surface area contributed by atoms with Crippen molar-refractivity contribution < 1.29 is 23.9 Å². The van der Waals surface area contributed by atoms with Crippen molar-refractivity contribution in [2.45, 2.75) is 78.4 Å². The second kappa shape index (κ2) is 15.3. The molecule has 40 heavy (non-hydrogen) atoms. The highest BCUT2D eigenvalue weighted by Crippen LogP contribution is 2.40. The minimum absolute atomic E-state index is 0.0271. The normalized spacial score (nSPS) is 18.5. The molecule has 0 aromatic heterocycles. The molecular weight excluding hydrogens is 535 g/mol. The zero-order valence-electron chi connectivity index (χ0n) is 24.0. The highest BCUT2D eigenvalue weighted by molar-refractivity contribution is 6.30. The predicted octanol–water partition coefficient (Wildman–Crippen LogP) is 3.64. The smallest absolute Gasteiger partial charge is 0.249 e. The summed E-state index contributed by atoms with van der Waals surface area (Å²) in [6, 6.07) is 3.14. The van der Waals surface area contributed by atoms with Crippen molar-refractivity contribution in [3.05, 3.63) is 57.9 Å². The van der Waals surface area contributed by atoms with Gasteiger partial charge < -0.3 is 26.8 Å². The van der Waals surface area contributed by atoms with Gasteiger partial charge in [0.25, 0.3) is 0 Å². The van der Waals surface area contributed by atoms with Crippen LogP contribution in [0.3, 0.4) is 0 Å². The summed E-state index contributed by atoms with van der Waals surface area (Å²) in [6.45, 7) is 9.43. The zero-order chi connectivity index (χ0) is 30.0. The summed E-state index contributed by atoms with van der Waals surface area (Å²) in [5, 5.41) is 14.4. The summed E-state index contributed by atoms with van der Waals surface area (Å²) in [5.41, 5.74) is 11.3. The number of primary amides is 1. The summed E-state index contributed by atoms with van der Waals surface area (Å²) < 4.78 is 13.9. The molecule has 0 aliphatic heterocycles. The average molecular weight is 579 g/mol. The van der Waals surface area contributed by atoms with Crippen LogP contribution in [0.25, 0.3) is 0 Å². The van der Waals surface area contributed by atoms with Crippen LogP contribution in [-0.4, -0.2) is 59.5 Å². The van der Waals surface area contributed by atoms with Gasteiger partial charge in [0, 0.05) is 41.8 Å². The molecule has 0 spiro atoms. The molecule has 0 heterocycles. The van der Waals surface area contributed by atoms with E-state index in [2.05, 4.69) is 5.32 Å². The van der Waals surface area contributed by atoms with Gasteiger partial charge in [-0.3, -0.25) is 14.4 Å². The number of carbonyl (C=O) groups excluding carboxylic acids is 3. The molecule has 3 atom stereocenters. The molecule has 6 N–H and O–H groups in total. The van der Waals surface area contributed by atoms with E-state index in [1.165, 1.54) is 24.3 Å². The molecule has 1 unspecified atom stereocenters. The van der Waals surface area contributed by atoms with Gasteiger partial charge in [0.05, 0.1) is 11.5 Å². The number of benzene rings is 1. The Bertz CT molecular complexity index is 1100. The number of hydrogen-bond donors (Lipinski definition) is 4. The van der Waals surface area contributed by atoms with E-state index in [1.54, 1.807) is 11.0 Å². The third-order valence-electron chi connectivity index (χ3n) is 7.02. The fourth-order valence-corrected chi connectivity index (χ4v) is 5.23. The molecule has 0 bridgehead atoms. The Morgan fingerprint density at radius 2 is 1.82 bits per heavy atom. The fourth-order valence-electron chi connectivity index (χ4n) is 4.99. The number of nitrogens with one attached hydrogen (secondary N) is 1. The van der Waals surface area contributed by atoms with E-state index < -0.39 is 35.2 Å². The van der Waals surface area contributed by atoms with Crippen molar-refractivity contribution in [1.29, 1.82) is 0 Å². The monoisotopic (exact) mass is 578 g/mol. The predicted molar refractivity (Wildman–Crippen MR) is 156 cm³/mol. The Labute approximate surface area is 242 Å². The Kier molecular flexibility index (Phi) is 12.8. The van der Waals surface area contributed by atoms with Crippen LogP contribution in [0.15, 0.2) is 41.5 Å². The lowest BCUT2D eigenvalue weighted by Gasteiger charge is -2.37. The van der Waals surface area contributed by atoms with Crippen molar-refractivity contribution in [3.8, 4) is 0 Å². The Morgan fingerprint density at radius 1 is 1.18 bits per heavy atom. The number of halogens is 2. The number of nitrogens with two attached hydrogens (primary N) is 2. The quantitative estimate of drug-likeness (QED) is 0.252. The minimum atomic E-state index is -1.46. The SMILES string of the molecule is CCCN(CCC)C(=O)C1=CC(C(N)=O)=CC(C[C@@H](O)[C@@H](N)Cc2cc(F)cc(Cl)c2)(C(=O)NCCC(C)C)C1. The van der Waals surface area contributed by atoms with Gasteiger partial charge >= 0.3 is 0 Å². The van der Waals surface area contributed by atoms with Gasteiger partial charge in [-0.05, 0) is 74.3 Å². The molecule has 0 fully saturated rings. The molecule has 10 heteroatoms. The number of amides is 3. The minimum Gasteiger partial charge on any atom is -0.391 e. The summed E-state index contributed by atoms with van der Waals surface area (Å²) in [6.07, 6.45) is 3.77. The van der Waals surface area contributed by atoms with Crippen molar-refractivity contribution >= 4 is 29.3 Å². The lowest BCUT2D eigenvalue weighted by Crippen LogP contribution is -2.49. The van der Waals surface area contributed by atoms with Gasteiger partial charge in [0.1, 0.15) is 5.82 Å². The van der Waals surface area contributed by atoms with E-state index in [9.17, 15) is 23.9 Å². The van der Waals surface area contributed by atoms with Crippen LogP contribution in [0, 0.1) is 17.2 Å². The van der Waals surface area contributed by atoms with Gasteiger partial charge in [-0.15, -0.1) is 0 Å². The van der Waals surface area contributed by atoms with Crippen molar-refractivity contribution in [2.75, 3.05) is 19.6 Å². The maximum Gasteiger partial charge on any atom is 0.249 e. The number of aliphatic hydroxyl groups is 1. The molecule has 1 aromatic carbocycles. The molecule has 222 valence electrons. The van der Waals surface area contributed by atoms with Crippen LogP contribution in [0.4, 0.5) is 4.39 Å². The molecule has 0 saturated carbocycles. The van der Waals surface area contributed by atoms with E-state index in [0.29, 0.717) is 31.1 Å². The largest absolute Gasteiger partial charge is 0.391 e. The molecule has 3 amide bonds. The number of nitrogens with zero attached hydrogens (tertiary/aromatic N) is 1. The van der Waals surface area contributed by atoms with Crippen LogP contribution < -0.4 is 16.8 Å². The molecule has 2 rings (SSSR count). The van der Waals surface area contributed by atoms with Gasteiger partial charge in [0.15, 0.2) is 0 Å². The maximum atomic E-state index is 13.9. The number of rotatable bonds is 15. The molecule has 1 aliphatic carbocycles. The number of carbonyl (C=O) groups is 3. The lowest BCUT2D eigenvalue weighted by molar-refractivity contribution is -0.131. The van der Waals surface area contributed by atoms with Crippen LogP contribution in [0.1, 0.15) is 65.4 Å². The summed E-state index contributed by atoms with van der Waals surface area (Å²) in [7, 11) is 0. The highest BCUT2D eigenvalue weighted by Gasteiger charge is 2.44. The van der Waals surface area contributed by atoms with Crippen molar-refractivity contribution in [2.24, 2.45) is 22.8 Å². The lowest BCUT2D eigenvalue weighted by atomic mass is 9.70. The first-order valence-electron chi connectivity index (χ1n) is 14.0. The Hall–Kier alpha value is -2.75. The average Bonchev–Trinajstić information content (AvgIpc) is 2.86. The topological polar surface area (TPSA) is 139 Å². The summed E-state index contributed by atoms with van der Waals surface area (Å²) >= 11 is 5.97. The van der Waals surface area contributed by atoms with Crippen molar-refractivity contribution in [3.63, 3.8) is 0 Å². The van der Waals surface area contributed by atoms with Crippen LogP contribution in [0.5, 0.6) is 0 Å². The molecule has 8 nitrogen and oxygen atoms in total. The van der Waals surface area contributed by atoms with E-state index in [0.717, 1.165) is 19.3 Å². The molecule has 1 aliphatic rings. The molecule has 1 aromatic rings. The standard InChI is InChI=1S/C30H44ClFN4O4/c1-5-9-36(10-6-2)28(39)22-14-21(27(34)38)16-30(17-22,29(40)35-8-7-19(3)4)18-26(37)25(33)13-20-11-23(31)15-24(32)12-20/h11-12,14-16,19,25-26,37H,5-10,13,17-18,33H2,1-4H3,(H2,34,38)(H,35,40)/t25-,26+,30?/m0/s1. The van der Waals surface area contributed by atoms with E-state index in [4.69, 9.17) is 23.1 Å². The van der Waals surface area contributed by atoms with Crippen LogP contribution in [-0.2, 0) is 20.8 Å². The molecular formula is C30H44ClFN4O4. The highest BCUT2D eigenvalue weighted by atomic mass is 35.5. The van der Waals surface area contributed by atoms with Crippen LogP contribution >= 0.6 is 11.6 Å². The summed E-state index contributed by atoms with van der Waals surface area (Å²) in [4.78, 5) is 41.5. The van der Waals surface area contributed by atoms with Gasteiger partial charge in [-0.1, -0.05) is 45.4 Å². The Morgan fingerprint density at radius 3 is 2.38 bits per heavy atom. The van der Waals surface area contributed by atoms with Gasteiger partial charge in [0.2, 0.25) is 17.7 Å². The summed E-state index contributed by atoms with van der Waals surface area (Å²) in [5.74, 6) is -1.67. The van der Waals surface area contributed by atoms with Gasteiger partial charge in [-0.2, -0.15) is 0 Å². The first kappa shape index (κ1) is 33.5.